The first-order chi connectivity index (χ1) is 10.1. The maximum Gasteiger partial charge on any atom is 0.187 e. The molecule has 0 aliphatic rings. The molecule has 0 saturated carbocycles. The van der Waals surface area contributed by atoms with Gasteiger partial charge < -0.3 is 5.73 Å². The summed E-state index contributed by atoms with van der Waals surface area (Å²) in [5.74, 6) is 0.656. The molecule has 0 amide bonds. The van der Waals surface area contributed by atoms with Gasteiger partial charge in [0.25, 0.3) is 0 Å². The van der Waals surface area contributed by atoms with Crippen LogP contribution in [0, 0.1) is 13.8 Å². The first kappa shape index (κ1) is 13.6. The number of benzene rings is 2. The summed E-state index contributed by atoms with van der Waals surface area (Å²) in [5.41, 5.74) is 10.4. The Morgan fingerprint density at radius 1 is 1.05 bits per heavy atom. The molecule has 5 nitrogen and oxygen atoms in total. The number of nitrogens with two attached hydrogens (primary N) is 1. The zero-order valence-electron chi connectivity index (χ0n) is 11.7. The van der Waals surface area contributed by atoms with Crippen LogP contribution in [-0.2, 0) is 0 Å². The Morgan fingerprint density at radius 3 is 2.62 bits per heavy atom. The number of nitrogens with zero attached hydrogens (tertiary/aromatic N) is 4. The molecule has 2 aromatic carbocycles. The fraction of sp³-hybridized carbons (Fsp3) is 0.133. The fourth-order valence-electron chi connectivity index (χ4n) is 2.15. The summed E-state index contributed by atoms with van der Waals surface area (Å²) >= 11 is 6.08. The second-order valence-electron chi connectivity index (χ2n) is 4.92. The molecule has 1 heterocycles. The van der Waals surface area contributed by atoms with Crippen LogP contribution in [0.4, 0.5) is 5.69 Å². The lowest BCUT2D eigenvalue weighted by atomic mass is 10.1. The van der Waals surface area contributed by atoms with Crippen LogP contribution in [0.2, 0.25) is 5.02 Å². The minimum Gasteiger partial charge on any atom is -0.399 e. The monoisotopic (exact) mass is 299 g/mol. The van der Waals surface area contributed by atoms with Gasteiger partial charge in [-0.1, -0.05) is 17.7 Å². The number of hydrogen-bond acceptors (Lipinski definition) is 4. The van der Waals surface area contributed by atoms with E-state index in [1.54, 1.807) is 4.68 Å². The van der Waals surface area contributed by atoms with Crippen LogP contribution in [0.5, 0.6) is 0 Å². The van der Waals surface area contributed by atoms with Gasteiger partial charge in [0.1, 0.15) is 0 Å². The van der Waals surface area contributed by atoms with E-state index in [-0.39, 0.29) is 0 Å². The molecule has 21 heavy (non-hydrogen) atoms. The summed E-state index contributed by atoms with van der Waals surface area (Å²) < 4.78 is 1.69. The van der Waals surface area contributed by atoms with Crippen molar-refractivity contribution < 1.29 is 0 Å². The number of anilines is 1. The fourth-order valence-corrected chi connectivity index (χ4v) is 2.32. The molecule has 2 N–H and O–H groups in total. The summed E-state index contributed by atoms with van der Waals surface area (Å²) in [7, 11) is 0. The number of rotatable bonds is 2. The van der Waals surface area contributed by atoms with Crippen molar-refractivity contribution in [3.63, 3.8) is 0 Å². The highest BCUT2D eigenvalue weighted by atomic mass is 35.5. The Balaban J connectivity index is 2.17. The van der Waals surface area contributed by atoms with E-state index in [1.807, 2.05) is 50.2 Å². The van der Waals surface area contributed by atoms with E-state index in [4.69, 9.17) is 17.3 Å². The minimum absolute atomic E-state index is 0.644. The quantitative estimate of drug-likeness (QED) is 0.738. The predicted octanol–water partition coefficient (Wildman–Crippen LogP) is 3.18. The zero-order valence-corrected chi connectivity index (χ0v) is 12.5. The Labute approximate surface area is 127 Å². The molecule has 3 aromatic rings. The Bertz CT molecular complexity index is 810. The molecule has 3 rings (SSSR count). The molecule has 6 heteroatoms. The number of nitrogen functional groups attached to an aromatic ring is 1. The molecule has 0 aliphatic heterocycles. The van der Waals surface area contributed by atoms with Crippen molar-refractivity contribution in [1.82, 2.24) is 20.2 Å². The number of aromatic nitrogens is 4. The van der Waals surface area contributed by atoms with E-state index in [0.717, 1.165) is 28.1 Å². The third kappa shape index (κ3) is 2.48. The average Bonchev–Trinajstić information content (AvgIpc) is 2.93. The van der Waals surface area contributed by atoms with Crippen molar-refractivity contribution in [3.05, 3.63) is 52.5 Å². The highest BCUT2D eigenvalue weighted by molar-refractivity contribution is 6.30. The van der Waals surface area contributed by atoms with Gasteiger partial charge in [0.15, 0.2) is 5.82 Å². The molecule has 0 fully saturated rings. The normalized spacial score (nSPS) is 10.8. The second kappa shape index (κ2) is 5.18. The minimum atomic E-state index is 0.644. The molecule has 0 atom stereocenters. The largest absolute Gasteiger partial charge is 0.399 e. The van der Waals surface area contributed by atoms with Gasteiger partial charge in [0, 0.05) is 16.3 Å². The van der Waals surface area contributed by atoms with Crippen LogP contribution in [0.15, 0.2) is 36.4 Å². The summed E-state index contributed by atoms with van der Waals surface area (Å²) in [6.45, 7) is 3.95. The zero-order chi connectivity index (χ0) is 15.0. The molecule has 0 saturated heterocycles. The van der Waals surface area contributed by atoms with Gasteiger partial charge in [-0.15, -0.1) is 5.10 Å². The number of tetrazole rings is 1. The third-order valence-corrected chi connectivity index (χ3v) is 3.63. The molecule has 0 unspecified atom stereocenters. The first-order valence-corrected chi connectivity index (χ1v) is 6.85. The lowest BCUT2D eigenvalue weighted by molar-refractivity contribution is 0.787. The summed E-state index contributed by atoms with van der Waals surface area (Å²) in [4.78, 5) is 0. The van der Waals surface area contributed by atoms with E-state index in [2.05, 4.69) is 15.5 Å². The molecule has 0 spiro atoms. The maximum atomic E-state index is 6.08. The molecule has 0 aliphatic carbocycles. The second-order valence-corrected chi connectivity index (χ2v) is 5.35. The summed E-state index contributed by atoms with van der Waals surface area (Å²) in [5, 5.41) is 12.6. The summed E-state index contributed by atoms with van der Waals surface area (Å²) in [6, 6.07) is 11.4. The number of aryl methyl sites for hydroxylation is 2. The van der Waals surface area contributed by atoms with Crippen LogP contribution < -0.4 is 5.73 Å². The van der Waals surface area contributed by atoms with E-state index >= 15 is 0 Å². The highest BCUT2D eigenvalue weighted by Crippen LogP contribution is 2.25. The molecular formula is C15H14ClN5. The predicted molar refractivity (Wildman–Crippen MR) is 83.5 cm³/mol. The highest BCUT2D eigenvalue weighted by Gasteiger charge is 2.13. The van der Waals surface area contributed by atoms with Gasteiger partial charge in [-0.05, 0) is 65.7 Å². The van der Waals surface area contributed by atoms with Gasteiger partial charge in [-0.2, -0.15) is 4.68 Å². The van der Waals surface area contributed by atoms with E-state index in [1.165, 1.54) is 0 Å². The van der Waals surface area contributed by atoms with Gasteiger partial charge in [-0.3, -0.25) is 0 Å². The molecule has 1 aromatic heterocycles. The standard InChI is InChI=1S/C15H14ClN5/c1-9-3-5-12(16)8-14(9)21-15(18-19-20-21)11-4-6-13(17)10(2)7-11/h3-8H,17H2,1-2H3. The molecule has 0 radical (unpaired) electrons. The lowest BCUT2D eigenvalue weighted by Gasteiger charge is -2.09. The molecule has 0 bridgehead atoms. The molecular weight excluding hydrogens is 286 g/mol. The van der Waals surface area contributed by atoms with Crippen molar-refractivity contribution in [2.24, 2.45) is 0 Å². The Kier molecular flexibility index (Phi) is 3.35. The van der Waals surface area contributed by atoms with Gasteiger partial charge in [0.05, 0.1) is 5.69 Å². The van der Waals surface area contributed by atoms with Crippen molar-refractivity contribution in [1.29, 1.82) is 0 Å². The average molecular weight is 300 g/mol. The van der Waals surface area contributed by atoms with E-state index < -0.39 is 0 Å². The summed E-state index contributed by atoms with van der Waals surface area (Å²) in [6.07, 6.45) is 0. The van der Waals surface area contributed by atoms with Crippen LogP contribution in [0.25, 0.3) is 17.1 Å². The van der Waals surface area contributed by atoms with Crippen LogP contribution in [0.3, 0.4) is 0 Å². The van der Waals surface area contributed by atoms with Crippen molar-refractivity contribution in [2.45, 2.75) is 13.8 Å². The van der Waals surface area contributed by atoms with Gasteiger partial charge in [-0.25, -0.2) is 0 Å². The van der Waals surface area contributed by atoms with Crippen molar-refractivity contribution in [3.8, 4) is 17.1 Å². The van der Waals surface area contributed by atoms with E-state index in [0.29, 0.717) is 10.8 Å². The first-order valence-electron chi connectivity index (χ1n) is 6.47. The van der Waals surface area contributed by atoms with Crippen LogP contribution in [-0.4, -0.2) is 20.2 Å². The Hall–Kier alpha value is -2.40. The van der Waals surface area contributed by atoms with Gasteiger partial charge in [0.2, 0.25) is 0 Å². The smallest absolute Gasteiger partial charge is 0.187 e. The van der Waals surface area contributed by atoms with E-state index in [9.17, 15) is 0 Å². The topological polar surface area (TPSA) is 69.6 Å². The van der Waals surface area contributed by atoms with Crippen molar-refractivity contribution >= 4 is 17.3 Å². The number of hydrogen-bond donors (Lipinski definition) is 1. The lowest BCUT2D eigenvalue weighted by Crippen LogP contribution is -2.02. The maximum absolute atomic E-state index is 6.08. The third-order valence-electron chi connectivity index (χ3n) is 3.40. The van der Waals surface area contributed by atoms with Crippen LogP contribution in [0.1, 0.15) is 11.1 Å². The number of halogens is 1. The van der Waals surface area contributed by atoms with Gasteiger partial charge >= 0.3 is 0 Å². The van der Waals surface area contributed by atoms with Crippen molar-refractivity contribution in [2.75, 3.05) is 5.73 Å². The van der Waals surface area contributed by atoms with Crippen LogP contribution >= 0.6 is 11.6 Å². The Morgan fingerprint density at radius 2 is 1.86 bits per heavy atom. The molecule has 106 valence electrons. The SMILES string of the molecule is Cc1cc(-c2nnnn2-c2cc(Cl)ccc2C)ccc1N.